The van der Waals surface area contributed by atoms with Crippen LogP contribution in [0, 0.1) is 0 Å². The van der Waals surface area contributed by atoms with Gasteiger partial charge < -0.3 is 4.74 Å². The van der Waals surface area contributed by atoms with Gasteiger partial charge in [-0.05, 0) is 19.9 Å². The second-order valence-corrected chi connectivity index (χ2v) is 5.60. The van der Waals surface area contributed by atoms with Gasteiger partial charge >= 0.3 is 5.97 Å². The average Bonchev–Trinajstić information content (AvgIpc) is 2.38. The van der Waals surface area contributed by atoms with E-state index in [-0.39, 0.29) is 25.7 Å². The minimum atomic E-state index is -2.51. The Kier molecular flexibility index (Phi) is 6.07. The molecule has 0 aliphatic heterocycles. The molecule has 0 aliphatic carbocycles. The summed E-state index contributed by atoms with van der Waals surface area (Å²) in [4.78, 5) is 23.2. The lowest BCUT2D eigenvalue weighted by Gasteiger charge is -2.12. The van der Waals surface area contributed by atoms with Gasteiger partial charge in [-0.2, -0.15) is 0 Å². The van der Waals surface area contributed by atoms with Crippen LogP contribution < -0.4 is 0 Å². The lowest BCUT2D eigenvalue weighted by atomic mass is 10.1. The molecule has 1 aromatic carbocycles. The van der Waals surface area contributed by atoms with Crippen molar-refractivity contribution in [1.29, 1.82) is 0 Å². The van der Waals surface area contributed by atoms with Gasteiger partial charge in [-0.1, -0.05) is 46.4 Å². The standard InChI is InChI=1S/C12H9Cl4FO3/c1-4(2)20-12(19)10(17)11(18)5-3-6(13)8(15)9(16)7(5)14/h3-4,10H,1-2H3. The van der Waals surface area contributed by atoms with Crippen molar-refractivity contribution in [2.45, 2.75) is 26.1 Å². The second kappa shape index (κ2) is 6.94. The van der Waals surface area contributed by atoms with E-state index in [1.54, 1.807) is 0 Å². The molecule has 1 rings (SSSR count). The number of hydrogen-bond donors (Lipinski definition) is 0. The first-order valence-electron chi connectivity index (χ1n) is 5.38. The van der Waals surface area contributed by atoms with Gasteiger partial charge in [-0.25, -0.2) is 9.18 Å². The number of hydrogen-bond acceptors (Lipinski definition) is 3. The Hall–Kier alpha value is -0.550. The molecule has 1 unspecified atom stereocenters. The molecule has 1 aromatic rings. The fourth-order valence-electron chi connectivity index (χ4n) is 1.29. The number of Topliss-reactive ketones (excluding diaryl/α,β-unsaturated/α-hetero) is 1. The van der Waals surface area contributed by atoms with Crippen LogP contribution in [0.25, 0.3) is 0 Å². The largest absolute Gasteiger partial charge is 0.460 e. The highest BCUT2D eigenvalue weighted by Gasteiger charge is 2.32. The molecule has 0 N–H and O–H groups in total. The molecule has 0 radical (unpaired) electrons. The van der Waals surface area contributed by atoms with Crippen molar-refractivity contribution in [1.82, 2.24) is 0 Å². The molecule has 0 aromatic heterocycles. The Morgan fingerprint density at radius 1 is 1.10 bits per heavy atom. The number of esters is 1. The number of ether oxygens (including phenoxy) is 1. The van der Waals surface area contributed by atoms with Crippen LogP contribution >= 0.6 is 46.4 Å². The van der Waals surface area contributed by atoms with Crippen LogP contribution in [0.4, 0.5) is 4.39 Å². The highest BCUT2D eigenvalue weighted by atomic mass is 35.5. The van der Waals surface area contributed by atoms with Gasteiger partial charge in [-0.3, -0.25) is 4.79 Å². The quantitative estimate of drug-likeness (QED) is 0.255. The van der Waals surface area contributed by atoms with Crippen molar-refractivity contribution in [3.8, 4) is 0 Å². The first kappa shape index (κ1) is 17.5. The van der Waals surface area contributed by atoms with Gasteiger partial charge in [-0.15, -0.1) is 0 Å². The molecular weight excluding hydrogens is 353 g/mol. The van der Waals surface area contributed by atoms with E-state index < -0.39 is 24.0 Å². The van der Waals surface area contributed by atoms with Crippen molar-refractivity contribution < 1.29 is 18.7 Å². The summed E-state index contributed by atoms with van der Waals surface area (Å²) in [6.45, 7) is 3.05. The van der Waals surface area contributed by atoms with E-state index in [1.807, 2.05) is 0 Å². The summed E-state index contributed by atoms with van der Waals surface area (Å²) >= 11 is 23.0. The number of halogens is 5. The molecule has 0 aliphatic rings. The van der Waals surface area contributed by atoms with E-state index in [0.29, 0.717) is 0 Å². The first-order chi connectivity index (χ1) is 9.16. The summed E-state index contributed by atoms with van der Waals surface area (Å²) in [5.41, 5.74) is -0.334. The zero-order valence-electron chi connectivity index (χ0n) is 10.3. The number of carbonyl (C=O) groups excluding carboxylic acids is 2. The van der Waals surface area contributed by atoms with E-state index in [1.165, 1.54) is 13.8 Å². The topological polar surface area (TPSA) is 43.4 Å². The summed E-state index contributed by atoms with van der Waals surface area (Å²) in [7, 11) is 0. The molecule has 8 heteroatoms. The van der Waals surface area contributed by atoms with E-state index in [0.717, 1.165) is 6.07 Å². The third-order valence-electron chi connectivity index (χ3n) is 2.16. The number of benzene rings is 1. The predicted molar refractivity (Wildman–Crippen MR) is 76.9 cm³/mol. The van der Waals surface area contributed by atoms with Crippen LogP contribution in [-0.2, 0) is 9.53 Å². The maximum atomic E-state index is 13.8. The molecule has 0 fully saturated rings. The Morgan fingerprint density at radius 3 is 2.15 bits per heavy atom. The number of carbonyl (C=O) groups is 2. The van der Waals surface area contributed by atoms with Crippen LogP contribution in [0.3, 0.4) is 0 Å². The normalized spacial score (nSPS) is 12.4. The molecule has 0 amide bonds. The fraction of sp³-hybridized carbons (Fsp3) is 0.333. The Bertz CT molecular complexity index is 560. The van der Waals surface area contributed by atoms with Crippen LogP contribution in [0.15, 0.2) is 6.07 Å². The van der Waals surface area contributed by atoms with Crippen molar-refractivity contribution in [3.05, 3.63) is 31.7 Å². The predicted octanol–water partition coefficient (Wildman–Crippen LogP) is 4.77. The average molecular weight is 362 g/mol. The molecule has 1 atom stereocenters. The second-order valence-electron chi connectivity index (χ2n) is 4.06. The maximum Gasteiger partial charge on any atom is 0.349 e. The zero-order chi connectivity index (χ0) is 15.6. The Labute approximate surface area is 134 Å². The number of ketones is 1. The van der Waals surface area contributed by atoms with Crippen LogP contribution in [-0.4, -0.2) is 24.0 Å². The lowest BCUT2D eigenvalue weighted by Crippen LogP contribution is -2.30. The molecule has 0 heterocycles. The molecular formula is C12H9Cl4FO3. The number of rotatable bonds is 4. The molecule has 0 spiro atoms. The molecule has 20 heavy (non-hydrogen) atoms. The summed E-state index contributed by atoms with van der Waals surface area (Å²) < 4.78 is 18.4. The van der Waals surface area contributed by atoms with Gasteiger partial charge in [0.1, 0.15) is 0 Å². The molecule has 3 nitrogen and oxygen atoms in total. The van der Waals surface area contributed by atoms with Crippen LogP contribution in [0.2, 0.25) is 20.1 Å². The zero-order valence-corrected chi connectivity index (χ0v) is 13.4. The van der Waals surface area contributed by atoms with E-state index >= 15 is 0 Å². The maximum absolute atomic E-state index is 13.8. The van der Waals surface area contributed by atoms with Gasteiger partial charge in [0.25, 0.3) is 6.17 Å². The van der Waals surface area contributed by atoms with Crippen LogP contribution in [0.5, 0.6) is 0 Å². The molecule has 0 bridgehead atoms. The van der Waals surface area contributed by atoms with Gasteiger partial charge in [0.15, 0.2) is 0 Å². The summed E-state index contributed by atoms with van der Waals surface area (Å²) in [6, 6.07) is 1.05. The van der Waals surface area contributed by atoms with Crippen LogP contribution in [0.1, 0.15) is 24.2 Å². The minimum absolute atomic E-state index is 0.0601. The van der Waals surface area contributed by atoms with Gasteiger partial charge in [0.2, 0.25) is 5.78 Å². The highest BCUT2D eigenvalue weighted by Crippen LogP contribution is 2.38. The minimum Gasteiger partial charge on any atom is -0.460 e. The highest BCUT2D eigenvalue weighted by molar-refractivity contribution is 6.52. The van der Waals surface area contributed by atoms with Crippen molar-refractivity contribution >= 4 is 58.2 Å². The van der Waals surface area contributed by atoms with E-state index in [9.17, 15) is 14.0 Å². The molecule has 110 valence electrons. The SMILES string of the molecule is CC(C)OC(=O)C(F)C(=O)c1cc(Cl)c(Cl)c(Cl)c1Cl. The molecule has 0 saturated heterocycles. The summed E-state index contributed by atoms with van der Waals surface area (Å²) in [6.07, 6.45) is -3.07. The first-order valence-corrected chi connectivity index (χ1v) is 6.89. The number of alkyl halides is 1. The Morgan fingerprint density at radius 2 is 1.65 bits per heavy atom. The third kappa shape index (κ3) is 3.76. The van der Waals surface area contributed by atoms with E-state index in [4.69, 9.17) is 46.4 Å². The van der Waals surface area contributed by atoms with Crippen molar-refractivity contribution in [3.63, 3.8) is 0 Å². The van der Waals surface area contributed by atoms with Gasteiger partial charge in [0, 0.05) is 5.56 Å². The monoisotopic (exact) mass is 360 g/mol. The summed E-state index contributed by atoms with van der Waals surface area (Å²) in [5, 5.41) is -0.594. The van der Waals surface area contributed by atoms with Crippen molar-refractivity contribution in [2.75, 3.05) is 0 Å². The molecule has 0 saturated carbocycles. The van der Waals surface area contributed by atoms with Crippen molar-refractivity contribution in [2.24, 2.45) is 0 Å². The smallest absolute Gasteiger partial charge is 0.349 e. The fourth-order valence-corrected chi connectivity index (χ4v) is 2.18. The van der Waals surface area contributed by atoms with Gasteiger partial charge in [0.05, 0.1) is 26.2 Å². The lowest BCUT2D eigenvalue weighted by molar-refractivity contribution is -0.151. The van der Waals surface area contributed by atoms with E-state index in [2.05, 4.69) is 4.74 Å². The third-order valence-corrected chi connectivity index (χ3v) is 3.91. The Balaban J connectivity index is 3.13. The summed E-state index contributed by atoms with van der Waals surface area (Å²) in [5.74, 6) is -2.50.